The highest BCUT2D eigenvalue weighted by atomic mass is 32.2. The van der Waals surface area contributed by atoms with Crippen LogP contribution < -0.4 is 0 Å². The number of thioether (sulfide) groups is 1. The zero-order chi connectivity index (χ0) is 12.1. The van der Waals surface area contributed by atoms with Gasteiger partial charge in [-0.2, -0.15) is 0 Å². The molecule has 1 aromatic carbocycles. The van der Waals surface area contributed by atoms with E-state index in [1.807, 2.05) is 6.92 Å². The Kier molecular flexibility index (Phi) is 3.93. The summed E-state index contributed by atoms with van der Waals surface area (Å²) in [5, 5.41) is 8.30. The van der Waals surface area contributed by atoms with Gasteiger partial charge < -0.3 is 4.42 Å². The van der Waals surface area contributed by atoms with Crippen LogP contribution in [-0.4, -0.2) is 16.0 Å². The minimum atomic E-state index is -0.249. The van der Waals surface area contributed by atoms with Crippen molar-refractivity contribution in [2.45, 2.75) is 12.1 Å². The van der Waals surface area contributed by atoms with Crippen LogP contribution in [0.3, 0.4) is 0 Å². The van der Waals surface area contributed by atoms with Gasteiger partial charge in [0, 0.05) is 6.08 Å². The monoisotopic (exact) mass is 250 g/mol. The maximum absolute atomic E-state index is 12.7. The minimum Gasteiger partial charge on any atom is -0.412 e. The van der Waals surface area contributed by atoms with Crippen LogP contribution in [0.15, 0.2) is 33.9 Å². The van der Waals surface area contributed by atoms with Crippen molar-refractivity contribution >= 4 is 23.9 Å². The molecule has 1 heterocycles. The van der Waals surface area contributed by atoms with E-state index < -0.39 is 0 Å². The SMILES string of the molecule is CCSc1nnc(/C=C/c2ccc(F)cc2)o1. The van der Waals surface area contributed by atoms with E-state index in [0.717, 1.165) is 11.3 Å². The average molecular weight is 250 g/mol. The normalized spacial score (nSPS) is 11.2. The lowest BCUT2D eigenvalue weighted by atomic mass is 10.2. The Labute approximate surface area is 103 Å². The number of halogens is 1. The van der Waals surface area contributed by atoms with Gasteiger partial charge in [0.2, 0.25) is 5.89 Å². The molecule has 0 amide bonds. The fraction of sp³-hybridized carbons (Fsp3) is 0.167. The van der Waals surface area contributed by atoms with Crippen molar-refractivity contribution < 1.29 is 8.81 Å². The van der Waals surface area contributed by atoms with Crippen LogP contribution in [-0.2, 0) is 0 Å². The number of nitrogens with zero attached hydrogens (tertiary/aromatic N) is 2. The van der Waals surface area contributed by atoms with E-state index in [2.05, 4.69) is 10.2 Å². The van der Waals surface area contributed by atoms with Gasteiger partial charge in [0.1, 0.15) is 5.82 Å². The molecule has 2 rings (SSSR count). The Balaban J connectivity index is 2.06. The molecule has 17 heavy (non-hydrogen) atoms. The van der Waals surface area contributed by atoms with Crippen LogP contribution in [0.5, 0.6) is 0 Å². The first kappa shape index (κ1) is 11.9. The third kappa shape index (κ3) is 3.42. The third-order valence-electron chi connectivity index (χ3n) is 1.98. The maximum atomic E-state index is 12.7. The zero-order valence-electron chi connectivity index (χ0n) is 9.26. The molecule has 0 aliphatic heterocycles. The molecule has 0 aliphatic carbocycles. The summed E-state index contributed by atoms with van der Waals surface area (Å²) in [6, 6.07) is 6.19. The van der Waals surface area contributed by atoms with E-state index in [4.69, 9.17) is 4.42 Å². The smallest absolute Gasteiger partial charge is 0.276 e. The highest BCUT2D eigenvalue weighted by molar-refractivity contribution is 7.99. The summed E-state index contributed by atoms with van der Waals surface area (Å²) in [7, 11) is 0. The van der Waals surface area contributed by atoms with Gasteiger partial charge in [-0.05, 0) is 29.5 Å². The number of benzene rings is 1. The molecule has 3 nitrogen and oxygen atoms in total. The summed E-state index contributed by atoms with van der Waals surface area (Å²) in [4.78, 5) is 0. The van der Waals surface area contributed by atoms with E-state index in [0.29, 0.717) is 11.1 Å². The lowest BCUT2D eigenvalue weighted by Crippen LogP contribution is -1.75. The summed E-state index contributed by atoms with van der Waals surface area (Å²) in [5.74, 6) is 1.09. The van der Waals surface area contributed by atoms with Crippen LogP contribution in [0.25, 0.3) is 12.2 Å². The predicted molar refractivity (Wildman–Crippen MR) is 66.0 cm³/mol. The lowest BCUT2D eigenvalue weighted by molar-refractivity contribution is 0.446. The van der Waals surface area contributed by atoms with E-state index in [1.54, 1.807) is 24.3 Å². The molecule has 2 aromatic rings. The number of hydrogen-bond donors (Lipinski definition) is 0. The second-order valence-electron chi connectivity index (χ2n) is 3.22. The molecule has 0 saturated carbocycles. The molecule has 5 heteroatoms. The fourth-order valence-corrected chi connectivity index (χ4v) is 1.70. The Morgan fingerprint density at radius 2 is 2.00 bits per heavy atom. The van der Waals surface area contributed by atoms with Gasteiger partial charge in [0.05, 0.1) is 0 Å². The molecule has 0 saturated heterocycles. The van der Waals surface area contributed by atoms with Gasteiger partial charge in [0.15, 0.2) is 0 Å². The summed E-state index contributed by atoms with van der Waals surface area (Å²) >= 11 is 1.50. The first-order valence-corrected chi connectivity index (χ1v) is 6.16. The first-order chi connectivity index (χ1) is 8.28. The van der Waals surface area contributed by atoms with Crippen molar-refractivity contribution in [3.8, 4) is 0 Å². The Bertz CT molecular complexity index is 507. The van der Waals surface area contributed by atoms with Crippen LogP contribution >= 0.6 is 11.8 Å². The van der Waals surface area contributed by atoms with Crippen LogP contribution in [0.4, 0.5) is 4.39 Å². The minimum absolute atomic E-state index is 0.249. The Morgan fingerprint density at radius 3 is 2.71 bits per heavy atom. The molecule has 0 spiro atoms. The molecule has 0 fully saturated rings. The second-order valence-corrected chi connectivity index (χ2v) is 4.44. The topological polar surface area (TPSA) is 38.9 Å². The highest BCUT2D eigenvalue weighted by Gasteiger charge is 2.01. The van der Waals surface area contributed by atoms with Gasteiger partial charge in [-0.25, -0.2) is 4.39 Å². The molecule has 0 aliphatic rings. The molecule has 0 bridgehead atoms. The molecular formula is C12H11FN2OS. The van der Waals surface area contributed by atoms with E-state index in [-0.39, 0.29) is 5.82 Å². The summed E-state index contributed by atoms with van der Waals surface area (Å²) in [6.45, 7) is 2.02. The summed E-state index contributed by atoms with van der Waals surface area (Å²) in [6.07, 6.45) is 3.51. The van der Waals surface area contributed by atoms with Crippen molar-refractivity contribution in [2.24, 2.45) is 0 Å². The predicted octanol–water partition coefficient (Wildman–Crippen LogP) is 3.49. The highest BCUT2D eigenvalue weighted by Crippen LogP contribution is 2.16. The molecule has 0 atom stereocenters. The standard InChI is InChI=1S/C12H11FN2OS/c1-2-17-12-15-14-11(16-12)8-5-9-3-6-10(13)7-4-9/h3-8H,2H2,1H3/b8-5+. The van der Waals surface area contributed by atoms with E-state index >= 15 is 0 Å². The van der Waals surface area contributed by atoms with Crippen molar-refractivity contribution in [3.05, 3.63) is 41.5 Å². The average Bonchev–Trinajstić information content (AvgIpc) is 2.77. The molecule has 1 aromatic heterocycles. The van der Waals surface area contributed by atoms with E-state index in [9.17, 15) is 4.39 Å². The second kappa shape index (κ2) is 5.63. The van der Waals surface area contributed by atoms with Gasteiger partial charge >= 0.3 is 0 Å². The van der Waals surface area contributed by atoms with Crippen molar-refractivity contribution in [2.75, 3.05) is 5.75 Å². The number of hydrogen-bond acceptors (Lipinski definition) is 4. The largest absolute Gasteiger partial charge is 0.412 e. The zero-order valence-corrected chi connectivity index (χ0v) is 10.1. The van der Waals surface area contributed by atoms with Crippen molar-refractivity contribution in [1.29, 1.82) is 0 Å². The van der Waals surface area contributed by atoms with Gasteiger partial charge in [-0.15, -0.1) is 10.2 Å². The van der Waals surface area contributed by atoms with Gasteiger partial charge in [-0.1, -0.05) is 30.8 Å². The lowest BCUT2D eigenvalue weighted by Gasteiger charge is -1.91. The first-order valence-electron chi connectivity index (χ1n) is 5.18. The maximum Gasteiger partial charge on any atom is 0.276 e. The third-order valence-corrected chi connectivity index (χ3v) is 2.68. The van der Waals surface area contributed by atoms with Crippen LogP contribution in [0, 0.1) is 5.82 Å². The van der Waals surface area contributed by atoms with Gasteiger partial charge in [-0.3, -0.25) is 0 Å². The number of rotatable bonds is 4. The van der Waals surface area contributed by atoms with Crippen LogP contribution in [0.2, 0.25) is 0 Å². The summed E-state index contributed by atoms with van der Waals surface area (Å²) < 4.78 is 18.0. The number of aromatic nitrogens is 2. The quantitative estimate of drug-likeness (QED) is 0.779. The molecular weight excluding hydrogens is 239 g/mol. The van der Waals surface area contributed by atoms with Crippen molar-refractivity contribution in [1.82, 2.24) is 10.2 Å². The fourth-order valence-electron chi connectivity index (χ4n) is 1.21. The Morgan fingerprint density at radius 1 is 1.24 bits per heavy atom. The van der Waals surface area contributed by atoms with Crippen LogP contribution in [0.1, 0.15) is 18.4 Å². The Hall–Kier alpha value is -1.62. The van der Waals surface area contributed by atoms with Crippen molar-refractivity contribution in [3.63, 3.8) is 0 Å². The summed E-state index contributed by atoms with van der Waals surface area (Å²) in [5.41, 5.74) is 0.884. The van der Waals surface area contributed by atoms with Gasteiger partial charge in [0.25, 0.3) is 5.22 Å². The molecule has 88 valence electrons. The van der Waals surface area contributed by atoms with E-state index in [1.165, 1.54) is 23.9 Å². The molecule has 0 unspecified atom stereocenters. The molecule has 0 radical (unpaired) electrons. The molecule has 0 N–H and O–H groups in total.